The maximum absolute atomic E-state index is 11.7. The van der Waals surface area contributed by atoms with Crippen molar-refractivity contribution in [1.82, 2.24) is 10.6 Å². The zero-order valence-corrected chi connectivity index (χ0v) is 11.8. The highest BCUT2D eigenvalue weighted by Gasteiger charge is 2.39. The van der Waals surface area contributed by atoms with E-state index in [0.29, 0.717) is 6.61 Å². The summed E-state index contributed by atoms with van der Waals surface area (Å²) in [6.07, 6.45) is 1.43. The molecule has 0 saturated heterocycles. The summed E-state index contributed by atoms with van der Waals surface area (Å²) in [5.74, 6) is -1.06. The van der Waals surface area contributed by atoms with E-state index in [9.17, 15) is 14.7 Å². The van der Waals surface area contributed by atoms with Gasteiger partial charge in [0, 0.05) is 6.54 Å². The molecule has 0 aliphatic rings. The summed E-state index contributed by atoms with van der Waals surface area (Å²) in [5.41, 5.74) is -1.62. The van der Waals surface area contributed by atoms with Gasteiger partial charge in [-0.25, -0.2) is 9.59 Å². The normalized spacial score (nSPS) is 13.8. The van der Waals surface area contributed by atoms with Gasteiger partial charge in [-0.15, -0.1) is 0 Å². The molecule has 0 aliphatic carbocycles. The summed E-state index contributed by atoms with van der Waals surface area (Å²) in [6.45, 7) is 5.78. The average Bonchev–Trinajstić information content (AvgIpc) is 2.88. The third-order valence-corrected chi connectivity index (χ3v) is 2.64. The van der Waals surface area contributed by atoms with E-state index in [2.05, 4.69) is 10.6 Å². The molecule has 1 rings (SSSR count). The van der Waals surface area contributed by atoms with Crippen LogP contribution in [-0.4, -0.2) is 36.4 Å². The van der Waals surface area contributed by atoms with Crippen LogP contribution in [-0.2, 0) is 15.1 Å². The quantitative estimate of drug-likeness (QED) is 0.655. The summed E-state index contributed by atoms with van der Waals surface area (Å²) < 4.78 is 10.3. The summed E-state index contributed by atoms with van der Waals surface area (Å²) in [5, 5.41) is 14.2. The second-order valence-corrected chi connectivity index (χ2v) is 4.71. The highest BCUT2D eigenvalue weighted by Crippen LogP contribution is 2.21. The van der Waals surface area contributed by atoms with Gasteiger partial charge >= 0.3 is 12.0 Å². The molecule has 2 amide bonds. The van der Waals surface area contributed by atoms with Crippen molar-refractivity contribution in [3.05, 3.63) is 24.2 Å². The minimum atomic E-state index is -1.62. The van der Waals surface area contributed by atoms with E-state index in [1.54, 1.807) is 6.07 Å². The lowest BCUT2D eigenvalue weighted by Crippen LogP contribution is -2.53. The minimum Gasteiger partial charge on any atom is -0.479 e. The number of rotatable bonds is 7. The Morgan fingerprint density at radius 2 is 2.20 bits per heavy atom. The molecule has 0 saturated carbocycles. The predicted octanol–water partition coefficient (Wildman–Crippen LogP) is 1.30. The van der Waals surface area contributed by atoms with E-state index < -0.39 is 17.5 Å². The van der Waals surface area contributed by atoms with Crippen LogP contribution in [0.15, 0.2) is 22.8 Å². The van der Waals surface area contributed by atoms with Gasteiger partial charge in [0.15, 0.2) is 5.54 Å². The van der Waals surface area contributed by atoms with Crippen molar-refractivity contribution in [2.75, 3.05) is 13.2 Å². The molecule has 7 nitrogen and oxygen atoms in total. The fourth-order valence-corrected chi connectivity index (χ4v) is 1.51. The number of amides is 2. The highest BCUT2D eigenvalue weighted by atomic mass is 16.5. The smallest absolute Gasteiger partial charge is 0.337 e. The first-order valence-corrected chi connectivity index (χ1v) is 6.31. The average molecular weight is 284 g/mol. The largest absolute Gasteiger partial charge is 0.479 e. The zero-order valence-electron chi connectivity index (χ0n) is 11.8. The Morgan fingerprint density at radius 3 is 2.70 bits per heavy atom. The van der Waals surface area contributed by atoms with Crippen molar-refractivity contribution >= 4 is 12.0 Å². The van der Waals surface area contributed by atoms with Gasteiger partial charge in [0.05, 0.1) is 19.0 Å². The standard InChI is InChI=1S/C13H20N2O5/c1-9(2)19-8-6-14-12(18)15-13(3,11(16)17)10-5-4-7-20-10/h4-5,7,9H,6,8H2,1-3H3,(H,16,17)(H2,14,15,18). The number of carbonyl (C=O) groups excluding carboxylic acids is 1. The van der Waals surface area contributed by atoms with Crippen molar-refractivity contribution in [3.8, 4) is 0 Å². The Bertz CT molecular complexity index is 444. The van der Waals surface area contributed by atoms with Gasteiger partial charge in [0.25, 0.3) is 0 Å². The summed E-state index contributed by atoms with van der Waals surface area (Å²) in [6, 6.07) is 2.46. The van der Waals surface area contributed by atoms with Crippen LogP contribution >= 0.6 is 0 Å². The Hall–Kier alpha value is -2.02. The van der Waals surface area contributed by atoms with Crippen LogP contribution in [0.2, 0.25) is 0 Å². The van der Waals surface area contributed by atoms with E-state index in [-0.39, 0.29) is 18.4 Å². The van der Waals surface area contributed by atoms with Crippen molar-refractivity contribution in [2.45, 2.75) is 32.4 Å². The van der Waals surface area contributed by atoms with Crippen molar-refractivity contribution in [1.29, 1.82) is 0 Å². The van der Waals surface area contributed by atoms with Gasteiger partial charge < -0.3 is 24.9 Å². The number of carbonyl (C=O) groups is 2. The number of nitrogens with one attached hydrogen (secondary N) is 2. The third kappa shape index (κ3) is 4.27. The fourth-order valence-electron chi connectivity index (χ4n) is 1.51. The molecule has 0 fully saturated rings. The number of hydrogen-bond acceptors (Lipinski definition) is 4. The topological polar surface area (TPSA) is 101 Å². The monoisotopic (exact) mass is 284 g/mol. The maximum Gasteiger partial charge on any atom is 0.337 e. The number of hydrogen-bond donors (Lipinski definition) is 3. The molecule has 1 unspecified atom stereocenters. The molecular formula is C13H20N2O5. The van der Waals surface area contributed by atoms with Gasteiger partial charge in [-0.05, 0) is 32.9 Å². The van der Waals surface area contributed by atoms with Crippen LogP contribution in [0.3, 0.4) is 0 Å². The molecule has 0 aromatic carbocycles. The van der Waals surface area contributed by atoms with E-state index >= 15 is 0 Å². The molecule has 1 atom stereocenters. The molecular weight excluding hydrogens is 264 g/mol. The number of ether oxygens (including phenoxy) is 1. The first-order valence-electron chi connectivity index (χ1n) is 6.31. The highest BCUT2D eigenvalue weighted by molar-refractivity contribution is 5.86. The van der Waals surface area contributed by atoms with Gasteiger partial charge in [-0.3, -0.25) is 0 Å². The molecule has 112 valence electrons. The lowest BCUT2D eigenvalue weighted by Gasteiger charge is -2.24. The molecule has 1 aromatic rings. The lowest BCUT2D eigenvalue weighted by molar-refractivity contribution is -0.144. The SMILES string of the molecule is CC(C)OCCNC(=O)NC(C)(C(=O)O)c1ccco1. The van der Waals surface area contributed by atoms with Gasteiger partial charge in [-0.2, -0.15) is 0 Å². The second kappa shape index (κ2) is 6.95. The van der Waals surface area contributed by atoms with Crippen molar-refractivity contribution in [2.24, 2.45) is 0 Å². The Labute approximate surface area is 117 Å². The summed E-state index contributed by atoms with van der Waals surface area (Å²) >= 11 is 0. The maximum atomic E-state index is 11.7. The number of carboxylic acids is 1. The number of urea groups is 1. The first-order chi connectivity index (χ1) is 9.36. The molecule has 0 bridgehead atoms. The lowest BCUT2D eigenvalue weighted by atomic mass is 9.99. The first kappa shape index (κ1) is 16.0. The van der Waals surface area contributed by atoms with Crippen LogP contribution < -0.4 is 10.6 Å². The van der Waals surface area contributed by atoms with Crippen LogP contribution in [0, 0.1) is 0 Å². The van der Waals surface area contributed by atoms with Crippen LogP contribution in [0.25, 0.3) is 0 Å². The number of aliphatic carboxylic acids is 1. The Morgan fingerprint density at radius 1 is 1.50 bits per heavy atom. The Kier molecular flexibility index (Phi) is 5.57. The van der Waals surface area contributed by atoms with Crippen molar-refractivity contribution in [3.63, 3.8) is 0 Å². The summed E-state index contributed by atoms with van der Waals surface area (Å²) in [4.78, 5) is 23.1. The molecule has 20 heavy (non-hydrogen) atoms. The molecule has 1 heterocycles. The molecule has 0 radical (unpaired) electrons. The number of carboxylic acid groups (broad SMARTS) is 1. The molecule has 0 spiro atoms. The van der Waals surface area contributed by atoms with E-state index in [0.717, 1.165) is 0 Å². The molecule has 3 N–H and O–H groups in total. The summed E-state index contributed by atoms with van der Waals surface area (Å²) in [7, 11) is 0. The van der Waals surface area contributed by atoms with Crippen LogP contribution in [0.5, 0.6) is 0 Å². The minimum absolute atomic E-state index is 0.0762. The van der Waals surface area contributed by atoms with E-state index in [1.165, 1.54) is 19.3 Å². The zero-order chi connectivity index (χ0) is 15.2. The van der Waals surface area contributed by atoms with Gasteiger partial charge in [0.2, 0.25) is 0 Å². The van der Waals surface area contributed by atoms with Crippen LogP contribution in [0.1, 0.15) is 26.5 Å². The number of furan rings is 1. The predicted molar refractivity (Wildman–Crippen MR) is 71.3 cm³/mol. The van der Waals surface area contributed by atoms with Gasteiger partial charge in [-0.1, -0.05) is 0 Å². The van der Waals surface area contributed by atoms with Gasteiger partial charge in [0.1, 0.15) is 5.76 Å². The molecule has 1 aromatic heterocycles. The second-order valence-electron chi connectivity index (χ2n) is 4.71. The molecule has 7 heteroatoms. The molecule has 0 aliphatic heterocycles. The van der Waals surface area contributed by atoms with E-state index in [1.807, 2.05) is 13.8 Å². The Balaban J connectivity index is 2.55. The van der Waals surface area contributed by atoms with Crippen molar-refractivity contribution < 1.29 is 23.8 Å². The third-order valence-electron chi connectivity index (χ3n) is 2.64. The fraction of sp³-hybridized carbons (Fsp3) is 0.538. The van der Waals surface area contributed by atoms with Crippen LogP contribution in [0.4, 0.5) is 4.79 Å². The van der Waals surface area contributed by atoms with E-state index in [4.69, 9.17) is 9.15 Å².